The number of fused-ring (bicyclic) bond motifs is 3. The lowest BCUT2D eigenvalue weighted by molar-refractivity contribution is -0.885. The average molecular weight is 550 g/mol. The molecule has 4 rings (SSSR count). The maximum Gasteiger partial charge on any atom is 0.410 e. The Bertz CT molecular complexity index is 1230. The number of imidazole rings is 1. The molecule has 0 unspecified atom stereocenters. The van der Waals surface area contributed by atoms with Gasteiger partial charge in [0.05, 0.1) is 50.2 Å². The highest BCUT2D eigenvalue weighted by Crippen LogP contribution is 2.27. The van der Waals surface area contributed by atoms with Gasteiger partial charge in [0.15, 0.2) is 5.52 Å². The van der Waals surface area contributed by atoms with Gasteiger partial charge in [-0.3, -0.25) is 4.90 Å². The van der Waals surface area contributed by atoms with Crippen LogP contribution in [0.2, 0.25) is 0 Å². The van der Waals surface area contributed by atoms with Crippen LogP contribution in [0.1, 0.15) is 33.5 Å². The minimum absolute atomic E-state index is 0.285. The Morgan fingerprint density at radius 2 is 2.00 bits per heavy atom. The zero-order valence-corrected chi connectivity index (χ0v) is 22.2. The number of rotatable bonds is 6. The van der Waals surface area contributed by atoms with Crippen LogP contribution in [0.5, 0.6) is 0 Å². The van der Waals surface area contributed by atoms with Gasteiger partial charge >= 0.3 is 6.09 Å². The molecule has 3 aromatic rings. The molecule has 0 bridgehead atoms. The van der Waals surface area contributed by atoms with Crippen molar-refractivity contribution in [3.05, 3.63) is 45.1 Å². The Morgan fingerprint density at radius 3 is 2.66 bits per heavy atom. The van der Waals surface area contributed by atoms with Crippen molar-refractivity contribution >= 4 is 44.0 Å². The fourth-order valence-electron chi connectivity index (χ4n) is 4.35. The molecule has 0 aliphatic carbocycles. The fourth-order valence-corrected chi connectivity index (χ4v) is 4.70. The van der Waals surface area contributed by atoms with Crippen LogP contribution in [0.4, 0.5) is 4.79 Å². The van der Waals surface area contributed by atoms with Gasteiger partial charge in [0.1, 0.15) is 18.0 Å². The number of ether oxygens (including phenoxy) is 2. The first-order valence-corrected chi connectivity index (χ1v) is 12.6. The van der Waals surface area contributed by atoms with Crippen LogP contribution in [0.3, 0.4) is 0 Å². The summed E-state index contributed by atoms with van der Waals surface area (Å²) < 4.78 is 14.3. The monoisotopic (exact) mass is 549 g/mol. The summed E-state index contributed by atoms with van der Waals surface area (Å²) in [6.07, 6.45) is 1.09. The van der Waals surface area contributed by atoms with E-state index in [4.69, 9.17) is 9.47 Å². The average Bonchev–Trinajstić information content (AvgIpc) is 3.13. The zero-order chi connectivity index (χ0) is 25.4. The molecule has 35 heavy (non-hydrogen) atoms. The molecule has 0 saturated carbocycles. The van der Waals surface area contributed by atoms with Crippen molar-refractivity contribution in [2.75, 3.05) is 39.3 Å². The topological polar surface area (TPSA) is 107 Å². The number of nitrogens with zero attached hydrogens (tertiary/aromatic N) is 5. The summed E-state index contributed by atoms with van der Waals surface area (Å²) in [5.74, 6) is 0.677. The van der Waals surface area contributed by atoms with Gasteiger partial charge in [-0.1, -0.05) is 15.9 Å². The van der Waals surface area contributed by atoms with Crippen LogP contribution in [-0.2, 0) is 22.6 Å². The Balaban J connectivity index is 1.58. The lowest BCUT2D eigenvalue weighted by atomic mass is 10.2. The molecule has 2 aromatic heterocycles. The fraction of sp³-hybridized carbons (Fsp3) is 0.542. The third kappa shape index (κ3) is 5.69. The Morgan fingerprint density at radius 1 is 1.29 bits per heavy atom. The van der Waals surface area contributed by atoms with Crippen LogP contribution in [0.25, 0.3) is 21.9 Å². The highest BCUT2D eigenvalue weighted by molar-refractivity contribution is 9.10. The number of aromatic nitrogens is 3. The van der Waals surface area contributed by atoms with Gasteiger partial charge in [0.2, 0.25) is 11.7 Å². The third-order valence-corrected chi connectivity index (χ3v) is 6.63. The first-order chi connectivity index (χ1) is 16.5. The molecule has 1 fully saturated rings. The van der Waals surface area contributed by atoms with Crippen LogP contribution < -0.4 is 4.73 Å². The molecule has 3 heterocycles. The van der Waals surface area contributed by atoms with Crippen molar-refractivity contribution < 1.29 is 23.6 Å². The quantitative estimate of drug-likeness (QED) is 0.263. The number of piperazine rings is 1. The second-order valence-corrected chi connectivity index (χ2v) is 10.8. The number of carbonyl (C=O) groups is 1. The van der Waals surface area contributed by atoms with Crippen LogP contribution in [0.15, 0.2) is 28.9 Å². The molecule has 0 N–H and O–H groups in total. The van der Waals surface area contributed by atoms with Gasteiger partial charge < -0.3 is 29.1 Å². The van der Waals surface area contributed by atoms with Crippen molar-refractivity contribution in [1.29, 1.82) is 0 Å². The number of quaternary nitrogens is 1. The van der Waals surface area contributed by atoms with Gasteiger partial charge in [-0.2, -0.15) is 4.73 Å². The number of carbonyl (C=O) groups excluding carboxylic acids is 1. The number of hydrogen-bond acceptors (Lipinski definition) is 6. The molecule has 0 atom stereocenters. The first-order valence-electron chi connectivity index (χ1n) is 11.8. The number of benzene rings is 1. The predicted octanol–water partition coefficient (Wildman–Crippen LogP) is 3.69. The summed E-state index contributed by atoms with van der Waals surface area (Å²) in [7, 11) is 0. The van der Waals surface area contributed by atoms with Crippen LogP contribution in [0, 0.1) is 10.4 Å². The summed E-state index contributed by atoms with van der Waals surface area (Å²) in [6.45, 7) is 10.2. The lowest BCUT2D eigenvalue weighted by Gasteiger charge is -2.48. The molecular weight excluding hydrogens is 518 g/mol. The Hall–Kier alpha value is -2.47. The molecule has 0 radical (unpaired) electrons. The molecule has 1 aliphatic heterocycles. The van der Waals surface area contributed by atoms with Crippen molar-refractivity contribution in [1.82, 2.24) is 14.5 Å². The third-order valence-electron chi connectivity index (χ3n) is 6.14. The van der Waals surface area contributed by atoms with Crippen molar-refractivity contribution in [3.8, 4) is 0 Å². The van der Waals surface area contributed by atoms with Crippen molar-refractivity contribution in [2.45, 2.75) is 46.4 Å². The second-order valence-electron chi connectivity index (χ2n) is 9.86. The molecule has 11 heteroatoms. The predicted molar refractivity (Wildman–Crippen MR) is 135 cm³/mol. The zero-order valence-electron chi connectivity index (χ0n) is 20.6. The Kier molecular flexibility index (Phi) is 7.23. The standard InChI is InChI=1S/C24H32BrN5O5/c1-5-34-16-21-26-19-15-29(32)20-14-17(25)6-7-18(20)22(19)28(21)10-13-30(33)11-8-27(9-12-30)23(31)35-24(2,3)4/h6-7,14-15H,5,8-13,16H2,1-4H3. The lowest BCUT2D eigenvalue weighted by Crippen LogP contribution is -2.58. The molecule has 1 saturated heterocycles. The van der Waals surface area contributed by atoms with Gasteiger partial charge in [0, 0.05) is 17.1 Å². The molecule has 190 valence electrons. The van der Waals surface area contributed by atoms with E-state index in [-0.39, 0.29) is 12.7 Å². The van der Waals surface area contributed by atoms with Crippen LogP contribution >= 0.6 is 15.9 Å². The number of halogens is 1. The summed E-state index contributed by atoms with van der Waals surface area (Å²) in [4.78, 5) is 18.6. The van der Waals surface area contributed by atoms with E-state index in [1.54, 1.807) is 11.0 Å². The van der Waals surface area contributed by atoms with E-state index in [1.165, 1.54) is 6.20 Å². The minimum atomic E-state index is -0.571. The SMILES string of the molecule is CCOCc1nc2c[n+]([O-])c3cc(Br)ccc3c2n1CC[N+]1([O-])CCN(C(=O)OC(C)(C)C)CC1. The van der Waals surface area contributed by atoms with Crippen molar-refractivity contribution in [3.63, 3.8) is 0 Å². The number of pyridine rings is 1. The molecule has 10 nitrogen and oxygen atoms in total. The van der Waals surface area contributed by atoms with E-state index in [9.17, 15) is 15.2 Å². The van der Waals surface area contributed by atoms with Crippen LogP contribution in [-0.4, -0.2) is 70.1 Å². The van der Waals surface area contributed by atoms with Gasteiger partial charge in [-0.15, -0.1) is 0 Å². The van der Waals surface area contributed by atoms with E-state index in [0.717, 1.165) is 20.1 Å². The number of hydroxylamine groups is 3. The molecular formula is C24H32BrN5O5. The number of hydrogen-bond donors (Lipinski definition) is 0. The summed E-state index contributed by atoms with van der Waals surface area (Å²) >= 11 is 3.43. The van der Waals surface area contributed by atoms with Gasteiger partial charge in [-0.05, 0) is 39.8 Å². The van der Waals surface area contributed by atoms with E-state index < -0.39 is 10.2 Å². The Labute approximate surface area is 212 Å². The van der Waals surface area contributed by atoms with E-state index in [0.29, 0.717) is 62.7 Å². The summed E-state index contributed by atoms with van der Waals surface area (Å²) in [5.41, 5.74) is 1.33. The van der Waals surface area contributed by atoms with Gasteiger partial charge in [-0.25, -0.2) is 9.78 Å². The molecule has 1 aliphatic rings. The summed E-state index contributed by atoms with van der Waals surface area (Å²) in [5, 5.41) is 26.9. The minimum Gasteiger partial charge on any atom is -0.633 e. The van der Waals surface area contributed by atoms with E-state index in [1.807, 2.05) is 44.4 Å². The normalized spacial score (nSPS) is 16.2. The molecule has 1 aromatic carbocycles. The molecule has 0 spiro atoms. The molecule has 1 amide bonds. The van der Waals surface area contributed by atoms with Gasteiger partial charge in [0.25, 0.3) is 0 Å². The second kappa shape index (κ2) is 9.88. The maximum atomic E-state index is 13.5. The number of amides is 1. The van der Waals surface area contributed by atoms with E-state index in [2.05, 4.69) is 20.9 Å². The smallest absolute Gasteiger partial charge is 0.410 e. The van der Waals surface area contributed by atoms with Crippen molar-refractivity contribution in [2.24, 2.45) is 0 Å². The summed E-state index contributed by atoms with van der Waals surface area (Å²) in [6, 6.07) is 5.55. The first kappa shape index (κ1) is 25.6. The maximum absolute atomic E-state index is 13.5. The highest BCUT2D eigenvalue weighted by Gasteiger charge is 2.31. The largest absolute Gasteiger partial charge is 0.633 e. The highest BCUT2D eigenvalue weighted by atomic mass is 79.9. The van der Waals surface area contributed by atoms with E-state index >= 15 is 0 Å².